The number of aliphatic hydroxyl groups is 2. The van der Waals surface area contributed by atoms with Gasteiger partial charge in [-0.25, -0.2) is 4.79 Å². The maximum absolute atomic E-state index is 13.6. The molecule has 10 nitrogen and oxygen atoms in total. The zero-order valence-electron chi connectivity index (χ0n) is 19.7. The molecule has 4 saturated heterocycles. The van der Waals surface area contributed by atoms with Crippen molar-refractivity contribution in [3.63, 3.8) is 0 Å². The first-order chi connectivity index (χ1) is 15.2. The number of esters is 3. The predicted molar refractivity (Wildman–Crippen MR) is 108 cm³/mol. The predicted octanol–water partition coefficient (Wildman–Crippen LogP) is -0.410. The van der Waals surface area contributed by atoms with Crippen LogP contribution in [-0.4, -0.2) is 89.0 Å². The number of ether oxygens (including phenoxy) is 4. The van der Waals surface area contributed by atoms with Crippen molar-refractivity contribution >= 4 is 17.9 Å². The lowest BCUT2D eigenvalue weighted by molar-refractivity contribution is -0.239. The second kappa shape index (κ2) is 5.72. The average molecular weight is 465 g/mol. The average Bonchev–Trinajstić information content (AvgIpc) is 3.38. The lowest BCUT2D eigenvalue weighted by atomic mass is 9.52. The molecule has 0 aromatic rings. The van der Waals surface area contributed by atoms with Gasteiger partial charge in [0.05, 0.1) is 16.7 Å². The Kier molecular flexibility index (Phi) is 3.77. The molecule has 182 valence electrons. The fourth-order valence-electron chi connectivity index (χ4n) is 8.83. The summed E-state index contributed by atoms with van der Waals surface area (Å²) >= 11 is 0. The van der Waals surface area contributed by atoms with Crippen molar-refractivity contribution in [2.75, 3.05) is 14.1 Å². The SMILES string of the molecule is C[C@H]1C(=O)OC2[C@@H](O)[C@]34C5C[C@H](CC(C)(C)C)C36C(OC(=O)C6N(C)C)OC4(C(=O)O5)[C@@]21O. The molecule has 4 aliphatic heterocycles. The van der Waals surface area contributed by atoms with Crippen molar-refractivity contribution in [2.45, 2.75) is 82.4 Å². The quantitative estimate of drug-likeness (QED) is 0.410. The number of likely N-dealkylation sites (N-methyl/N-ethyl adjacent to an activating group) is 1. The van der Waals surface area contributed by atoms with E-state index in [-0.39, 0.29) is 11.3 Å². The van der Waals surface area contributed by atoms with Crippen molar-refractivity contribution in [2.24, 2.45) is 28.1 Å². The maximum atomic E-state index is 13.6. The molecular weight excluding hydrogens is 434 g/mol. The summed E-state index contributed by atoms with van der Waals surface area (Å²) in [7, 11) is 3.50. The standard InChI is InChI=1S/C23H31NO9/c1-9-15(26)31-14-13(25)21-11-7-10(8-19(2,3)4)20(21)12(24(5)6)16(27)32-18(20)33-23(21,17(28)30-11)22(9,14)29/h9-14,18,25,29H,7-8H2,1-6H3/t9-,10+,11?,12?,13+,14?,18?,20?,21+,22-,23?/m0/s1. The molecule has 2 N–H and O–H groups in total. The van der Waals surface area contributed by atoms with Crippen LogP contribution < -0.4 is 0 Å². The molecule has 2 aliphatic carbocycles. The molecule has 0 radical (unpaired) electrons. The third-order valence-corrected chi connectivity index (χ3v) is 9.47. The van der Waals surface area contributed by atoms with E-state index in [1.54, 1.807) is 19.0 Å². The number of hydrogen-bond donors (Lipinski definition) is 2. The monoisotopic (exact) mass is 465 g/mol. The van der Waals surface area contributed by atoms with Crippen LogP contribution in [0.5, 0.6) is 0 Å². The van der Waals surface area contributed by atoms with Gasteiger partial charge in [0, 0.05) is 0 Å². The van der Waals surface area contributed by atoms with E-state index in [1.165, 1.54) is 6.92 Å². The molecule has 4 heterocycles. The molecule has 6 aliphatic rings. The second-order valence-electron chi connectivity index (χ2n) is 12.2. The molecule has 0 amide bonds. The summed E-state index contributed by atoms with van der Waals surface area (Å²) in [6, 6.07) is -0.848. The number of carbonyl (C=O) groups is 3. The molecule has 6 fully saturated rings. The number of nitrogens with zero attached hydrogens (tertiary/aromatic N) is 1. The fraction of sp³-hybridized carbons (Fsp3) is 0.870. The minimum absolute atomic E-state index is 0.160. The first kappa shape index (κ1) is 21.8. The Morgan fingerprint density at radius 1 is 1.09 bits per heavy atom. The van der Waals surface area contributed by atoms with Crippen LogP contribution in [-0.2, 0) is 33.3 Å². The van der Waals surface area contributed by atoms with E-state index in [2.05, 4.69) is 20.8 Å². The van der Waals surface area contributed by atoms with Crippen molar-refractivity contribution < 1.29 is 43.5 Å². The van der Waals surface area contributed by atoms with E-state index in [0.717, 1.165) is 0 Å². The van der Waals surface area contributed by atoms with Gasteiger partial charge in [-0.15, -0.1) is 0 Å². The Bertz CT molecular complexity index is 991. The van der Waals surface area contributed by atoms with E-state index in [4.69, 9.17) is 18.9 Å². The molecule has 11 atom stereocenters. The van der Waals surface area contributed by atoms with Crippen molar-refractivity contribution in [3.05, 3.63) is 0 Å². The summed E-state index contributed by atoms with van der Waals surface area (Å²) in [6.45, 7) is 7.71. The minimum Gasteiger partial charge on any atom is -0.459 e. The molecule has 0 bridgehead atoms. The van der Waals surface area contributed by atoms with Gasteiger partial charge in [-0.1, -0.05) is 20.8 Å². The topological polar surface area (TPSA) is 132 Å². The Morgan fingerprint density at radius 2 is 1.76 bits per heavy atom. The number of hydrogen-bond acceptors (Lipinski definition) is 10. The largest absolute Gasteiger partial charge is 0.459 e. The lowest BCUT2D eigenvalue weighted by Gasteiger charge is -2.48. The number of rotatable bonds is 2. The van der Waals surface area contributed by atoms with E-state index < -0.39 is 76.5 Å². The Morgan fingerprint density at radius 3 is 2.36 bits per heavy atom. The van der Waals surface area contributed by atoms with Crippen LogP contribution in [0.25, 0.3) is 0 Å². The zero-order valence-corrected chi connectivity index (χ0v) is 19.7. The number of carbonyl (C=O) groups excluding carboxylic acids is 3. The smallest absolute Gasteiger partial charge is 0.343 e. The van der Waals surface area contributed by atoms with Gasteiger partial charge in [-0.2, -0.15) is 0 Å². The van der Waals surface area contributed by atoms with Gasteiger partial charge in [0.2, 0.25) is 11.9 Å². The third-order valence-electron chi connectivity index (χ3n) is 9.47. The summed E-state index contributed by atoms with van der Waals surface area (Å²) in [6.07, 6.45) is -3.83. The Hall–Kier alpha value is -1.75. The summed E-state index contributed by atoms with van der Waals surface area (Å²) in [5.74, 6) is -3.44. The fourth-order valence-corrected chi connectivity index (χ4v) is 8.83. The van der Waals surface area contributed by atoms with Crippen LogP contribution in [0.15, 0.2) is 0 Å². The van der Waals surface area contributed by atoms with Gasteiger partial charge >= 0.3 is 17.9 Å². The molecule has 0 aromatic heterocycles. The minimum atomic E-state index is -2.16. The Labute approximate surface area is 191 Å². The van der Waals surface area contributed by atoms with Gasteiger partial charge in [0.25, 0.3) is 0 Å². The van der Waals surface area contributed by atoms with Crippen LogP contribution in [0.4, 0.5) is 0 Å². The highest BCUT2D eigenvalue weighted by molar-refractivity contribution is 5.94. The van der Waals surface area contributed by atoms with Crippen molar-refractivity contribution in [3.8, 4) is 0 Å². The van der Waals surface area contributed by atoms with Crippen molar-refractivity contribution in [1.29, 1.82) is 0 Å². The highest BCUT2D eigenvalue weighted by Gasteiger charge is 3.03. The van der Waals surface area contributed by atoms with Gasteiger partial charge in [0.1, 0.15) is 18.2 Å². The highest BCUT2D eigenvalue weighted by Crippen LogP contribution is 2.84. The summed E-state index contributed by atoms with van der Waals surface area (Å²) < 4.78 is 23.5. The van der Waals surface area contributed by atoms with E-state index >= 15 is 0 Å². The molecule has 2 spiro atoms. The van der Waals surface area contributed by atoms with Crippen LogP contribution in [0.1, 0.15) is 40.5 Å². The lowest BCUT2D eigenvalue weighted by Crippen LogP contribution is -2.68. The first-order valence-corrected chi connectivity index (χ1v) is 11.6. The molecule has 6 rings (SSSR count). The van der Waals surface area contributed by atoms with Gasteiger partial charge in [0.15, 0.2) is 11.7 Å². The Balaban J connectivity index is 1.68. The molecule has 6 unspecified atom stereocenters. The summed E-state index contributed by atoms with van der Waals surface area (Å²) in [5.41, 5.74) is -7.12. The zero-order chi connectivity index (χ0) is 24.1. The van der Waals surface area contributed by atoms with Crippen LogP contribution >= 0.6 is 0 Å². The summed E-state index contributed by atoms with van der Waals surface area (Å²) in [4.78, 5) is 41.1. The normalized spacial score (nSPS) is 55.9. The summed E-state index contributed by atoms with van der Waals surface area (Å²) in [5, 5.41) is 24.0. The molecule has 0 aromatic carbocycles. The third kappa shape index (κ3) is 1.82. The van der Waals surface area contributed by atoms with Crippen LogP contribution in [0.3, 0.4) is 0 Å². The van der Waals surface area contributed by atoms with Crippen molar-refractivity contribution in [1.82, 2.24) is 4.90 Å². The highest BCUT2D eigenvalue weighted by atomic mass is 16.7. The van der Waals surface area contributed by atoms with E-state index in [0.29, 0.717) is 12.8 Å². The maximum Gasteiger partial charge on any atom is 0.343 e. The molecule has 10 heteroatoms. The van der Waals surface area contributed by atoms with E-state index in [1.807, 2.05) is 0 Å². The number of fused-ring (bicyclic) bond motifs is 1. The molecule has 33 heavy (non-hydrogen) atoms. The van der Waals surface area contributed by atoms with Crippen LogP contribution in [0.2, 0.25) is 0 Å². The molecule has 2 saturated carbocycles. The van der Waals surface area contributed by atoms with E-state index in [9.17, 15) is 24.6 Å². The second-order valence-corrected chi connectivity index (χ2v) is 12.2. The van der Waals surface area contributed by atoms with Gasteiger partial charge in [-0.05, 0) is 45.2 Å². The van der Waals surface area contributed by atoms with Gasteiger partial charge < -0.3 is 29.2 Å². The van der Waals surface area contributed by atoms with Crippen LogP contribution in [0, 0.1) is 28.1 Å². The van der Waals surface area contributed by atoms with Gasteiger partial charge in [-0.3, -0.25) is 14.5 Å². The molecular formula is C23H31NO9. The first-order valence-electron chi connectivity index (χ1n) is 11.6. The number of aliphatic hydroxyl groups excluding tert-OH is 1.